The summed E-state index contributed by atoms with van der Waals surface area (Å²) < 4.78 is 0. The van der Waals surface area contributed by atoms with Crippen LogP contribution in [0.1, 0.15) is 47.6 Å². The monoisotopic (exact) mass is 282 g/mol. The number of carbonyl (C=O) groups excluding carboxylic acids is 1. The van der Waals surface area contributed by atoms with Gasteiger partial charge in [-0.3, -0.25) is 4.79 Å². The predicted octanol–water partition coefficient (Wildman–Crippen LogP) is 2.76. The number of aryl methyl sites for hydroxylation is 1. The molecule has 0 bridgehead atoms. The highest BCUT2D eigenvalue weighted by atomic mass is 16.1. The van der Waals surface area contributed by atoms with Gasteiger partial charge in [-0.25, -0.2) is 9.97 Å². The number of anilines is 2. The second kappa shape index (κ2) is 5.52. The van der Waals surface area contributed by atoms with Crippen LogP contribution in [0.15, 0.2) is 30.3 Å². The molecule has 1 fully saturated rings. The summed E-state index contributed by atoms with van der Waals surface area (Å²) >= 11 is 0. The molecule has 108 valence electrons. The van der Waals surface area contributed by atoms with Gasteiger partial charge in [0.2, 0.25) is 5.91 Å². The van der Waals surface area contributed by atoms with Crippen LogP contribution in [0, 0.1) is 0 Å². The number of hydrogen-bond acceptors (Lipinski definition) is 4. The van der Waals surface area contributed by atoms with E-state index in [0.717, 1.165) is 29.4 Å². The molecule has 0 unspecified atom stereocenters. The number of primary amides is 1. The second-order valence-electron chi connectivity index (χ2n) is 5.30. The standard InChI is InChI=1S/C16H18N4O/c1-2-12-9-14(20-16(19-12)11-3-4-11)18-13-7-5-10(6-8-13)15(17)21/h5-9,11H,2-4H2,1H3,(H2,17,21)(H,18,19,20). The van der Waals surface area contributed by atoms with Crippen LogP contribution < -0.4 is 11.1 Å². The third-order valence-electron chi connectivity index (χ3n) is 3.54. The number of nitrogens with one attached hydrogen (secondary N) is 1. The zero-order valence-corrected chi connectivity index (χ0v) is 12.0. The van der Waals surface area contributed by atoms with Crippen molar-refractivity contribution in [2.45, 2.75) is 32.1 Å². The number of nitrogens with zero attached hydrogens (tertiary/aromatic N) is 2. The minimum atomic E-state index is -0.423. The number of hydrogen-bond donors (Lipinski definition) is 2. The first-order valence-electron chi connectivity index (χ1n) is 7.20. The molecule has 1 saturated carbocycles. The second-order valence-corrected chi connectivity index (χ2v) is 5.30. The van der Waals surface area contributed by atoms with Gasteiger partial charge in [-0.05, 0) is 43.5 Å². The molecule has 5 nitrogen and oxygen atoms in total. The van der Waals surface area contributed by atoms with Gasteiger partial charge in [-0.15, -0.1) is 0 Å². The van der Waals surface area contributed by atoms with Gasteiger partial charge in [0.25, 0.3) is 0 Å². The summed E-state index contributed by atoms with van der Waals surface area (Å²) in [5.41, 5.74) is 7.65. The summed E-state index contributed by atoms with van der Waals surface area (Å²) in [5.74, 6) is 1.84. The predicted molar refractivity (Wildman–Crippen MR) is 81.6 cm³/mol. The molecule has 1 aliphatic carbocycles. The first kappa shape index (κ1) is 13.5. The molecule has 0 saturated heterocycles. The van der Waals surface area contributed by atoms with Crippen LogP contribution in [0.5, 0.6) is 0 Å². The number of nitrogens with two attached hydrogens (primary N) is 1. The van der Waals surface area contributed by atoms with Crippen LogP contribution in [0.2, 0.25) is 0 Å². The largest absolute Gasteiger partial charge is 0.366 e. The first-order chi connectivity index (χ1) is 10.2. The average molecular weight is 282 g/mol. The lowest BCUT2D eigenvalue weighted by Crippen LogP contribution is -2.10. The van der Waals surface area contributed by atoms with Crippen molar-refractivity contribution in [3.05, 3.63) is 47.4 Å². The van der Waals surface area contributed by atoms with Crippen molar-refractivity contribution in [3.8, 4) is 0 Å². The molecule has 1 heterocycles. The van der Waals surface area contributed by atoms with Crippen LogP contribution in [0.3, 0.4) is 0 Å². The molecule has 21 heavy (non-hydrogen) atoms. The average Bonchev–Trinajstić information content (AvgIpc) is 3.32. The fraction of sp³-hybridized carbons (Fsp3) is 0.312. The van der Waals surface area contributed by atoms with Crippen LogP contribution in [-0.2, 0) is 6.42 Å². The molecule has 0 spiro atoms. The van der Waals surface area contributed by atoms with Crippen molar-refractivity contribution in [2.24, 2.45) is 5.73 Å². The topological polar surface area (TPSA) is 80.9 Å². The SMILES string of the molecule is CCc1cc(Nc2ccc(C(N)=O)cc2)nc(C2CC2)n1. The molecule has 1 aromatic heterocycles. The van der Waals surface area contributed by atoms with Gasteiger partial charge in [0.15, 0.2) is 0 Å². The van der Waals surface area contributed by atoms with Gasteiger partial charge in [0.1, 0.15) is 11.6 Å². The maximum atomic E-state index is 11.1. The third kappa shape index (κ3) is 3.18. The molecular formula is C16H18N4O. The van der Waals surface area contributed by atoms with E-state index in [9.17, 15) is 4.79 Å². The maximum Gasteiger partial charge on any atom is 0.248 e. The Morgan fingerprint density at radius 1 is 1.29 bits per heavy atom. The van der Waals surface area contributed by atoms with Gasteiger partial charge in [0, 0.05) is 28.9 Å². The molecule has 3 N–H and O–H groups in total. The van der Waals surface area contributed by atoms with E-state index >= 15 is 0 Å². The molecule has 3 rings (SSSR count). The van der Waals surface area contributed by atoms with E-state index in [0.29, 0.717) is 11.5 Å². The molecular weight excluding hydrogens is 264 g/mol. The van der Waals surface area contributed by atoms with E-state index in [2.05, 4.69) is 22.2 Å². The van der Waals surface area contributed by atoms with E-state index in [-0.39, 0.29) is 0 Å². The lowest BCUT2D eigenvalue weighted by Gasteiger charge is -2.09. The summed E-state index contributed by atoms with van der Waals surface area (Å²) in [7, 11) is 0. The number of amides is 1. The smallest absolute Gasteiger partial charge is 0.248 e. The fourth-order valence-electron chi connectivity index (χ4n) is 2.15. The highest BCUT2D eigenvalue weighted by Gasteiger charge is 2.27. The number of carbonyl (C=O) groups is 1. The zero-order valence-electron chi connectivity index (χ0n) is 12.0. The Hall–Kier alpha value is -2.43. The minimum Gasteiger partial charge on any atom is -0.366 e. The highest BCUT2D eigenvalue weighted by molar-refractivity contribution is 5.93. The van der Waals surface area contributed by atoms with E-state index in [4.69, 9.17) is 5.73 Å². The lowest BCUT2D eigenvalue weighted by atomic mass is 10.2. The van der Waals surface area contributed by atoms with Gasteiger partial charge < -0.3 is 11.1 Å². The van der Waals surface area contributed by atoms with E-state index in [1.54, 1.807) is 12.1 Å². The molecule has 1 amide bonds. The van der Waals surface area contributed by atoms with Crippen LogP contribution in [0.4, 0.5) is 11.5 Å². The van der Waals surface area contributed by atoms with Crippen molar-refractivity contribution in [3.63, 3.8) is 0 Å². The van der Waals surface area contributed by atoms with Crippen LogP contribution >= 0.6 is 0 Å². The van der Waals surface area contributed by atoms with E-state index in [1.807, 2.05) is 18.2 Å². The summed E-state index contributed by atoms with van der Waals surface area (Å²) in [6, 6.07) is 9.02. The molecule has 2 aromatic rings. The Morgan fingerprint density at radius 2 is 2.00 bits per heavy atom. The lowest BCUT2D eigenvalue weighted by molar-refractivity contribution is 0.100. The molecule has 1 aromatic carbocycles. The number of rotatable bonds is 5. The van der Waals surface area contributed by atoms with Gasteiger partial charge >= 0.3 is 0 Å². The van der Waals surface area contributed by atoms with Crippen molar-refractivity contribution in [2.75, 3.05) is 5.32 Å². The van der Waals surface area contributed by atoms with Crippen LogP contribution in [-0.4, -0.2) is 15.9 Å². The van der Waals surface area contributed by atoms with Gasteiger partial charge in [-0.1, -0.05) is 6.92 Å². The summed E-state index contributed by atoms with van der Waals surface area (Å²) in [4.78, 5) is 20.2. The Labute approximate surface area is 123 Å². The summed E-state index contributed by atoms with van der Waals surface area (Å²) in [5, 5.41) is 3.26. The Morgan fingerprint density at radius 3 is 2.57 bits per heavy atom. The molecule has 0 radical (unpaired) electrons. The minimum absolute atomic E-state index is 0.423. The zero-order chi connectivity index (χ0) is 14.8. The van der Waals surface area contributed by atoms with E-state index in [1.165, 1.54) is 12.8 Å². The number of benzene rings is 1. The maximum absolute atomic E-state index is 11.1. The van der Waals surface area contributed by atoms with E-state index < -0.39 is 5.91 Å². The highest BCUT2D eigenvalue weighted by Crippen LogP contribution is 2.38. The Balaban J connectivity index is 1.83. The van der Waals surface area contributed by atoms with Crippen molar-refractivity contribution in [1.82, 2.24) is 9.97 Å². The van der Waals surface area contributed by atoms with Crippen LogP contribution in [0.25, 0.3) is 0 Å². The summed E-state index contributed by atoms with van der Waals surface area (Å²) in [6.07, 6.45) is 3.25. The number of aromatic nitrogens is 2. The normalized spacial score (nSPS) is 14.0. The molecule has 0 aliphatic heterocycles. The fourth-order valence-corrected chi connectivity index (χ4v) is 2.15. The summed E-state index contributed by atoms with van der Waals surface area (Å²) in [6.45, 7) is 2.09. The molecule has 1 aliphatic rings. The molecule has 5 heteroatoms. The van der Waals surface area contributed by atoms with Gasteiger partial charge in [0.05, 0.1) is 0 Å². The quantitative estimate of drug-likeness (QED) is 0.883. The van der Waals surface area contributed by atoms with Crippen molar-refractivity contribution < 1.29 is 4.79 Å². The van der Waals surface area contributed by atoms with Gasteiger partial charge in [-0.2, -0.15) is 0 Å². The Bertz CT molecular complexity index is 662. The molecule has 0 atom stereocenters. The third-order valence-corrected chi connectivity index (χ3v) is 3.54. The van der Waals surface area contributed by atoms with Crippen molar-refractivity contribution in [1.29, 1.82) is 0 Å². The first-order valence-corrected chi connectivity index (χ1v) is 7.20. The van der Waals surface area contributed by atoms with Crippen molar-refractivity contribution >= 4 is 17.4 Å². The Kier molecular flexibility index (Phi) is 3.56.